The van der Waals surface area contributed by atoms with E-state index in [2.05, 4.69) is 10.6 Å². The average molecular weight is 248 g/mol. The Balaban J connectivity index is 1.46. The zero-order valence-electron chi connectivity index (χ0n) is 10.1. The van der Waals surface area contributed by atoms with Gasteiger partial charge in [0.2, 0.25) is 12.7 Å². The largest absolute Gasteiger partial charge is 0.454 e. The Hall–Kier alpha value is -1.75. The van der Waals surface area contributed by atoms with Gasteiger partial charge in [0.25, 0.3) is 0 Å². The molecule has 0 saturated heterocycles. The molecular weight excluding hydrogens is 232 g/mol. The fourth-order valence-electron chi connectivity index (χ4n) is 1.88. The number of rotatable bonds is 5. The number of hydrogen-bond acceptors (Lipinski definition) is 4. The monoisotopic (exact) mass is 248 g/mol. The van der Waals surface area contributed by atoms with Crippen molar-refractivity contribution < 1.29 is 14.3 Å². The third kappa shape index (κ3) is 2.73. The molecule has 5 nitrogen and oxygen atoms in total. The van der Waals surface area contributed by atoms with E-state index in [1.165, 1.54) is 0 Å². The number of fused-ring (bicyclic) bond motifs is 1. The number of benzene rings is 1. The molecule has 1 aromatic rings. The van der Waals surface area contributed by atoms with E-state index >= 15 is 0 Å². The van der Waals surface area contributed by atoms with Crippen LogP contribution < -0.4 is 20.1 Å². The van der Waals surface area contributed by atoms with E-state index in [-0.39, 0.29) is 12.7 Å². The average Bonchev–Trinajstić information content (AvgIpc) is 3.05. The van der Waals surface area contributed by atoms with Crippen LogP contribution >= 0.6 is 0 Å². The minimum Gasteiger partial charge on any atom is -0.454 e. The summed E-state index contributed by atoms with van der Waals surface area (Å²) >= 11 is 0. The SMILES string of the molecule is O=C(CNCc1ccc2c(c1)OCO2)NC1CC1. The molecule has 2 N–H and O–H groups in total. The summed E-state index contributed by atoms with van der Waals surface area (Å²) in [5, 5.41) is 6.05. The molecular formula is C13H16N2O3. The highest BCUT2D eigenvalue weighted by molar-refractivity contribution is 5.78. The van der Waals surface area contributed by atoms with Gasteiger partial charge in [0, 0.05) is 12.6 Å². The molecule has 1 heterocycles. The minimum atomic E-state index is 0.0678. The van der Waals surface area contributed by atoms with Crippen molar-refractivity contribution in [2.45, 2.75) is 25.4 Å². The fourth-order valence-corrected chi connectivity index (χ4v) is 1.88. The summed E-state index contributed by atoms with van der Waals surface area (Å²) in [7, 11) is 0. The van der Waals surface area contributed by atoms with E-state index in [4.69, 9.17) is 9.47 Å². The van der Waals surface area contributed by atoms with Crippen LogP contribution in [0.15, 0.2) is 18.2 Å². The highest BCUT2D eigenvalue weighted by Crippen LogP contribution is 2.32. The van der Waals surface area contributed by atoms with E-state index in [9.17, 15) is 4.79 Å². The Bertz CT molecular complexity index is 458. The van der Waals surface area contributed by atoms with Crippen molar-refractivity contribution in [3.63, 3.8) is 0 Å². The topological polar surface area (TPSA) is 59.6 Å². The summed E-state index contributed by atoms with van der Waals surface area (Å²) in [6.07, 6.45) is 2.24. The number of amides is 1. The first kappa shape index (κ1) is 11.3. The second-order valence-corrected chi connectivity index (χ2v) is 4.63. The van der Waals surface area contributed by atoms with Crippen molar-refractivity contribution in [3.05, 3.63) is 23.8 Å². The molecule has 18 heavy (non-hydrogen) atoms. The molecule has 0 unspecified atom stereocenters. The zero-order valence-corrected chi connectivity index (χ0v) is 10.1. The van der Waals surface area contributed by atoms with Crippen LogP contribution in [0.1, 0.15) is 18.4 Å². The van der Waals surface area contributed by atoms with Crippen LogP contribution in [0.3, 0.4) is 0 Å². The van der Waals surface area contributed by atoms with E-state index in [0.717, 1.165) is 29.9 Å². The molecule has 0 spiro atoms. The Morgan fingerprint density at radius 1 is 1.28 bits per heavy atom. The molecule has 5 heteroatoms. The van der Waals surface area contributed by atoms with Gasteiger partial charge >= 0.3 is 0 Å². The normalized spacial score (nSPS) is 16.7. The number of ether oxygens (including phenoxy) is 2. The lowest BCUT2D eigenvalue weighted by atomic mass is 10.2. The molecule has 0 radical (unpaired) electrons. The van der Waals surface area contributed by atoms with Gasteiger partial charge in [-0.3, -0.25) is 4.79 Å². The second-order valence-electron chi connectivity index (χ2n) is 4.63. The maximum atomic E-state index is 11.5. The van der Waals surface area contributed by atoms with Gasteiger partial charge in [0.1, 0.15) is 0 Å². The Morgan fingerprint density at radius 3 is 2.94 bits per heavy atom. The number of carbonyl (C=O) groups is 1. The maximum absolute atomic E-state index is 11.5. The first-order chi connectivity index (χ1) is 8.81. The number of hydrogen-bond donors (Lipinski definition) is 2. The summed E-state index contributed by atoms with van der Waals surface area (Å²) < 4.78 is 10.5. The standard InChI is InChI=1S/C13H16N2O3/c16-13(15-10-2-3-10)7-14-6-9-1-4-11-12(5-9)18-8-17-11/h1,4-5,10,14H,2-3,6-8H2,(H,15,16). The number of carbonyl (C=O) groups excluding carboxylic acids is 1. The van der Waals surface area contributed by atoms with Gasteiger partial charge in [-0.15, -0.1) is 0 Å². The first-order valence-electron chi connectivity index (χ1n) is 6.20. The molecule has 1 aliphatic heterocycles. The van der Waals surface area contributed by atoms with Gasteiger partial charge in [0.05, 0.1) is 6.54 Å². The molecule has 1 amide bonds. The third-order valence-electron chi connectivity index (χ3n) is 2.99. The van der Waals surface area contributed by atoms with Gasteiger partial charge in [-0.1, -0.05) is 6.07 Å². The van der Waals surface area contributed by atoms with Gasteiger partial charge in [-0.2, -0.15) is 0 Å². The zero-order chi connectivity index (χ0) is 12.4. The van der Waals surface area contributed by atoms with Crippen LogP contribution in [0.25, 0.3) is 0 Å². The van der Waals surface area contributed by atoms with Crippen LogP contribution in [0.2, 0.25) is 0 Å². The maximum Gasteiger partial charge on any atom is 0.234 e. The highest BCUT2D eigenvalue weighted by atomic mass is 16.7. The Morgan fingerprint density at radius 2 is 2.11 bits per heavy atom. The van der Waals surface area contributed by atoms with Crippen LogP contribution in [0, 0.1) is 0 Å². The first-order valence-corrected chi connectivity index (χ1v) is 6.20. The van der Waals surface area contributed by atoms with Crippen LogP contribution in [-0.4, -0.2) is 25.3 Å². The van der Waals surface area contributed by atoms with Crippen LogP contribution in [0.4, 0.5) is 0 Å². The molecule has 1 saturated carbocycles. The molecule has 1 aliphatic carbocycles. The number of nitrogens with one attached hydrogen (secondary N) is 2. The summed E-state index contributed by atoms with van der Waals surface area (Å²) in [5.41, 5.74) is 1.08. The predicted octanol–water partition coefficient (Wildman–Crippen LogP) is 0.783. The van der Waals surface area contributed by atoms with Crippen molar-refractivity contribution in [2.24, 2.45) is 0 Å². The molecule has 96 valence electrons. The van der Waals surface area contributed by atoms with Crippen molar-refractivity contribution in [1.29, 1.82) is 0 Å². The second kappa shape index (κ2) is 4.86. The fraction of sp³-hybridized carbons (Fsp3) is 0.462. The lowest BCUT2D eigenvalue weighted by Crippen LogP contribution is -2.34. The smallest absolute Gasteiger partial charge is 0.234 e. The molecule has 0 bridgehead atoms. The lowest BCUT2D eigenvalue weighted by Gasteiger charge is -2.06. The van der Waals surface area contributed by atoms with Crippen LogP contribution in [-0.2, 0) is 11.3 Å². The summed E-state index contributed by atoms with van der Waals surface area (Å²) in [5.74, 6) is 1.63. The van der Waals surface area contributed by atoms with E-state index in [1.807, 2.05) is 18.2 Å². The van der Waals surface area contributed by atoms with Gasteiger partial charge in [-0.25, -0.2) is 0 Å². The van der Waals surface area contributed by atoms with E-state index in [0.29, 0.717) is 19.1 Å². The van der Waals surface area contributed by atoms with E-state index < -0.39 is 0 Å². The Labute approximate surface area is 105 Å². The molecule has 0 aromatic heterocycles. The van der Waals surface area contributed by atoms with Gasteiger partial charge in [-0.05, 0) is 30.5 Å². The van der Waals surface area contributed by atoms with Gasteiger partial charge < -0.3 is 20.1 Å². The molecule has 0 atom stereocenters. The summed E-state index contributed by atoms with van der Waals surface area (Å²) in [6, 6.07) is 6.22. The predicted molar refractivity (Wildman–Crippen MR) is 65.4 cm³/mol. The quantitative estimate of drug-likeness (QED) is 0.808. The molecule has 1 fully saturated rings. The minimum absolute atomic E-state index is 0.0678. The summed E-state index contributed by atoms with van der Waals surface area (Å²) in [6.45, 7) is 1.29. The lowest BCUT2D eigenvalue weighted by molar-refractivity contribution is -0.120. The van der Waals surface area contributed by atoms with Crippen molar-refractivity contribution in [3.8, 4) is 11.5 Å². The summed E-state index contributed by atoms with van der Waals surface area (Å²) in [4.78, 5) is 11.5. The van der Waals surface area contributed by atoms with Gasteiger partial charge in [0.15, 0.2) is 11.5 Å². The molecule has 1 aromatic carbocycles. The molecule has 2 aliphatic rings. The van der Waals surface area contributed by atoms with Crippen molar-refractivity contribution in [2.75, 3.05) is 13.3 Å². The van der Waals surface area contributed by atoms with Crippen LogP contribution in [0.5, 0.6) is 11.5 Å². The van der Waals surface area contributed by atoms with Crippen molar-refractivity contribution in [1.82, 2.24) is 10.6 Å². The Kier molecular flexibility index (Phi) is 3.06. The van der Waals surface area contributed by atoms with Crippen molar-refractivity contribution >= 4 is 5.91 Å². The van der Waals surface area contributed by atoms with E-state index in [1.54, 1.807) is 0 Å². The molecule has 3 rings (SSSR count). The third-order valence-corrected chi connectivity index (χ3v) is 2.99. The highest BCUT2D eigenvalue weighted by Gasteiger charge is 2.22.